The minimum Gasteiger partial charge on any atom is -0.351 e. The number of amides is 1. The molecule has 98 valence electrons. The van der Waals surface area contributed by atoms with Gasteiger partial charge >= 0.3 is 0 Å². The molecular formula is C15H22N2O. The Bertz CT molecular complexity index is 395. The van der Waals surface area contributed by atoms with Crippen molar-refractivity contribution in [3.63, 3.8) is 0 Å². The lowest BCUT2D eigenvalue weighted by molar-refractivity contribution is 0.0953. The molecule has 1 atom stereocenters. The van der Waals surface area contributed by atoms with Crippen LogP contribution in [0.3, 0.4) is 0 Å². The van der Waals surface area contributed by atoms with Gasteiger partial charge in [-0.1, -0.05) is 17.7 Å². The third-order valence-corrected chi connectivity index (χ3v) is 3.52. The summed E-state index contributed by atoms with van der Waals surface area (Å²) in [4.78, 5) is 11.8. The summed E-state index contributed by atoms with van der Waals surface area (Å²) in [6, 6.07) is 8.24. The Morgan fingerprint density at radius 3 is 2.56 bits per heavy atom. The summed E-state index contributed by atoms with van der Waals surface area (Å²) in [5, 5.41) is 6.38. The lowest BCUT2D eigenvalue weighted by Gasteiger charge is -2.12. The summed E-state index contributed by atoms with van der Waals surface area (Å²) in [5.41, 5.74) is 1.90. The van der Waals surface area contributed by atoms with Crippen LogP contribution in [0, 0.1) is 12.8 Å². The van der Waals surface area contributed by atoms with Crippen molar-refractivity contribution in [1.82, 2.24) is 10.6 Å². The van der Waals surface area contributed by atoms with Crippen LogP contribution in [0.15, 0.2) is 24.3 Å². The molecule has 0 saturated heterocycles. The van der Waals surface area contributed by atoms with E-state index >= 15 is 0 Å². The molecule has 0 heterocycles. The lowest BCUT2D eigenvalue weighted by Crippen LogP contribution is -2.36. The molecule has 2 N–H and O–H groups in total. The molecule has 18 heavy (non-hydrogen) atoms. The highest BCUT2D eigenvalue weighted by Crippen LogP contribution is 2.32. The van der Waals surface area contributed by atoms with Crippen LogP contribution >= 0.6 is 0 Å². The topological polar surface area (TPSA) is 41.1 Å². The van der Waals surface area contributed by atoms with Crippen LogP contribution < -0.4 is 10.6 Å². The Hall–Kier alpha value is -1.35. The predicted molar refractivity (Wildman–Crippen MR) is 73.7 cm³/mol. The molecule has 1 aliphatic rings. The second kappa shape index (κ2) is 6.01. The smallest absolute Gasteiger partial charge is 0.251 e. The Morgan fingerprint density at radius 2 is 1.94 bits per heavy atom. The second-order valence-corrected chi connectivity index (χ2v) is 5.20. The molecule has 1 saturated carbocycles. The van der Waals surface area contributed by atoms with Gasteiger partial charge in [0, 0.05) is 24.7 Å². The van der Waals surface area contributed by atoms with E-state index in [1.54, 1.807) is 0 Å². The van der Waals surface area contributed by atoms with Gasteiger partial charge in [-0.2, -0.15) is 0 Å². The molecule has 2 rings (SSSR count). The van der Waals surface area contributed by atoms with Gasteiger partial charge in [0.05, 0.1) is 0 Å². The third-order valence-electron chi connectivity index (χ3n) is 3.52. The van der Waals surface area contributed by atoms with E-state index < -0.39 is 0 Å². The molecule has 3 nitrogen and oxygen atoms in total. The van der Waals surface area contributed by atoms with Gasteiger partial charge in [-0.05, 0) is 44.7 Å². The van der Waals surface area contributed by atoms with Gasteiger partial charge in [-0.25, -0.2) is 0 Å². The molecule has 0 aromatic heterocycles. The highest BCUT2D eigenvalue weighted by molar-refractivity contribution is 5.94. The van der Waals surface area contributed by atoms with Crippen LogP contribution in [-0.2, 0) is 0 Å². The van der Waals surface area contributed by atoms with Gasteiger partial charge < -0.3 is 10.6 Å². The summed E-state index contributed by atoms with van der Waals surface area (Å²) in [7, 11) is 0. The van der Waals surface area contributed by atoms with Crippen molar-refractivity contribution in [1.29, 1.82) is 0 Å². The fourth-order valence-corrected chi connectivity index (χ4v) is 2.05. The van der Waals surface area contributed by atoms with Gasteiger partial charge in [0.1, 0.15) is 0 Å². The number of carbonyl (C=O) groups excluding carboxylic acids is 1. The fourth-order valence-electron chi connectivity index (χ4n) is 2.05. The van der Waals surface area contributed by atoms with Gasteiger partial charge in [-0.3, -0.25) is 4.79 Å². The quantitative estimate of drug-likeness (QED) is 0.755. The lowest BCUT2D eigenvalue weighted by atomic mass is 10.1. The standard InChI is InChI=1S/C15H22N2O/c1-11-3-5-14(6-4-11)15(18)17-10-9-16-12(2)13-7-8-13/h3-6,12-13,16H,7-10H2,1-2H3,(H,17,18). The Morgan fingerprint density at radius 1 is 1.28 bits per heavy atom. The highest BCUT2D eigenvalue weighted by Gasteiger charge is 2.27. The number of nitrogens with one attached hydrogen (secondary N) is 2. The average Bonchev–Trinajstić information content (AvgIpc) is 3.19. The van der Waals surface area contributed by atoms with Crippen LogP contribution in [0.5, 0.6) is 0 Å². The Balaban J connectivity index is 1.66. The van der Waals surface area contributed by atoms with E-state index in [0.717, 1.165) is 18.0 Å². The normalized spacial score (nSPS) is 16.3. The van der Waals surface area contributed by atoms with Crippen molar-refractivity contribution in [2.24, 2.45) is 5.92 Å². The third kappa shape index (κ3) is 3.84. The molecule has 1 amide bonds. The molecule has 0 aliphatic heterocycles. The number of hydrogen-bond acceptors (Lipinski definition) is 2. The monoisotopic (exact) mass is 246 g/mol. The number of hydrogen-bond donors (Lipinski definition) is 2. The van der Waals surface area contributed by atoms with E-state index in [0.29, 0.717) is 12.6 Å². The molecule has 1 unspecified atom stereocenters. The summed E-state index contributed by atoms with van der Waals surface area (Å²) < 4.78 is 0. The first-order valence-corrected chi connectivity index (χ1v) is 6.75. The molecule has 0 spiro atoms. The Kier molecular flexibility index (Phi) is 4.37. The molecule has 3 heteroatoms. The first-order chi connectivity index (χ1) is 8.66. The largest absolute Gasteiger partial charge is 0.351 e. The summed E-state index contributed by atoms with van der Waals surface area (Å²) >= 11 is 0. The van der Waals surface area contributed by atoms with Crippen LogP contribution in [0.1, 0.15) is 35.7 Å². The molecule has 0 bridgehead atoms. The van der Waals surface area contributed by atoms with Gasteiger partial charge in [0.2, 0.25) is 0 Å². The molecule has 1 aliphatic carbocycles. The van der Waals surface area contributed by atoms with E-state index in [4.69, 9.17) is 0 Å². The molecule has 1 aromatic rings. The van der Waals surface area contributed by atoms with E-state index in [1.165, 1.54) is 18.4 Å². The van der Waals surface area contributed by atoms with Crippen molar-refractivity contribution >= 4 is 5.91 Å². The van der Waals surface area contributed by atoms with Crippen molar-refractivity contribution in [3.05, 3.63) is 35.4 Å². The predicted octanol–water partition coefficient (Wildman–Crippen LogP) is 2.11. The molecular weight excluding hydrogens is 224 g/mol. The Labute approximate surface area is 109 Å². The number of benzene rings is 1. The first-order valence-electron chi connectivity index (χ1n) is 6.75. The summed E-state index contributed by atoms with van der Waals surface area (Å²) in [6.07, 6.45) is 2.70. The number of aryl methyl sites for hydroxylation is 1. The van der Waals surface area contributed by atoms with Gasteiger partial charge in [0.25, 0.3) is 5.91 Å². The minimum atomic E-state index is 0.0101. The second-order valence-electron chi connectivity index (χ2n) is 5.20. The zero-order chi connectivity index (χ0) is 13.0. The average molecular weight is 246 g/mol. The maximum Gasteiger partial charge on any atom is 0.251 e. The molecule has 0 radical (unpaired) electrons. The van der Waals surface area contributed by atoms with Crippen LogP contribution in [0.2, 0.25) is 0 Å². The molecule has 1 fully saturated rings. The van der Waals surface area contributed by atoms with Crippen molar-refractivity contribution in [2.45, 2.75) is 32.7 Å². The summed E-state index contributed by atoms with van der Waals surface area (Å²) in [5.74, 6) is 0.869. The number of rotatable bonds is 6. The SMILES string of the molecule is Cc1ccc(C(=O)NCCNC(C)C2CC2)cc1. The van der Waals surface area contributed by atoms with Crippen molar-refractivity contribution in [2.75, 3.05) is 13.1 Å². The van der Waals surface area contributed by atoms with E-state index in [1.807, 2.05) is 31.2 Å². The van der Waals surface area contributed by atoms with Gasteiger partial charge in [0.15, 0.2) is 0 Å². The first kappa shape index (κ1) is 13.1. The van der Waals surface area contributed by atoms with E-state index in [2.05, 4.69) is 17.6 Å². The van der Waals surface area contributed by atoms with Crippen molar-refractivity contribution in [3.8, 4) is 0 Å². The maximum atomic E-state index is 11.8. The van der Waals surface area contributed by atoms with Crippen LogP contribution in [-0.4, -0.2) is 25.0 Å². The van der Waals surface area contributed by atoms with Crippen LogP contribution in [0.4, 0.5) is 0 Å². The minimum absolute atomic E-state index is 0.0101. The van der Waals surface area contributed by atoms with E-state index in [-0.39, 0.29) is 5.91 Å². The zero-order valence-corrected chi connectivity index (χ0v) is 11.2. The van der Waals surface area contributed by atoms with Crippen molar-refractivity contribution < 1.29 is 4.79 Å². The van der Waals surface area contributed by atoms with Gasteiger partial charge in [-0.15, -0.1) is 0 Å². The maximum absolute atomic E-state index is 11.8. The summed E-state index contributed by atoms with van der Waals surface area (Å²) in [6.45, 7) is 5.77. The zero-order valence-electron chi connectivity index (χ0n) is 11.2. The highest BCUT2D eigenvalue weighted by atomic mass is 16.1. The van der Waals surface area contributed by atoms with E-state index in [9.17, 15) is 4.79 Å². The van der Waals surface area contributed by atoms with Crippen LogP contribution in [0.25, 0.3) is 0 Å². The number of carbonyl (C=O) groups is 1. The molecule has 1 aromatic carbocycles. The fraction of sp³-hybridized carbons (Fsp3) is 0.533.